The van der Waals surface area contributed by atoms with Gasteiger partial charge in [-0.05, 0) is 53.2 Å². The lowest BCUT2D eigenvalue weighted by Gasteiger charge is -2.25. The van der Waals surface area contributed by atoms with Gasteiger partial charge in [-0.1, -0.05) is 13.8 Å². The summed E-state index contributed by atoms with van der Waals surface area (Å²) >= 11 is 3.60. The fourth-order valence-electron chi connectivity index (χ4n) is 1.83. The first-order valence-electron chi connectivity index (χ1n) is 6.05. The zero-order valence-electron chi connectivity index (χ0n) is 9.99. The van der Waals surface area contributed by atoms with Crippen molar-refractivity contribution in [2.24, 2.45) is 5.92 Å². The normalized spacial score (nSPS) is 15.5. The highest BCUT2D eigenvalue weighted by Gasteiger charge is 2.30. The summed E-state index contributed by atoms with van der Waals surface area (Å²) in [6.07, 6.45) is 5.76. The minimum atomic E-state index is 0.727. The molecule has 0 aliphatic heterocycles. The Morgan fingerprint density at radius 3 is 2.81 bits per heavy atom. The maximum absolute atomic E-state index is 4.50. The molecular weight excluding hydrogens is 264 g/mol. The SMILES string of the molecule is CC(C)CCN(c1ncccc1Br)C1CC1. The van der Waals surface area contributed by atoms with Crippen molar-refractivity contribution in [2.45, 2.75) is 39.2 Å². The lowest BCUT2D eigenvalue weighted by molar-refractivity contribution is 0.568. The van der Waals surface area contributed by atoms with Crippen LogP contribution < -0.4 is 4.90 Å². The minimum absolute atomic E-state index is 0.727. The Morgan fingerprint density at radius 1 is 1.50 bits per heavy atom. The first-order chi connectivity index (χ1) is 7.68. The zero-order chi connectivity index (χ0) is 11.5. The molecule has 1 aromatic heterocycles. The van der Waals surface area contributed by atoms with Gasteiger partial charge in [0.1, 0.15) is 5.82 Å². The maximum Gasteiger partial charge on any atom is 0.143 e. The summed E-state index contributed by atoms with van der Waals surface area (Å²) in [7, 11) is 0. The van der Waals surface area contributed by atoms with Crippen LogP contribution in [0.3, 0.4) is 0 Å². The molecule has 0 atom stereocenters. The summed E-state index contributed by atoms with van der Waals surface area (Å²) in [6, 6.07) is 4.78. The van der Waals surface area contributed by atoms with Crippen molar-refractivity contribution in [3.05, 3.63) is 22.8 Å². The van der Waals surface area contributed by atoms with Crippen LogP contribution in [0.4, 0.5) is 5.82 Å². The Hall–Kier alpha value is -0.570. The number of halogens is 1. The van der Waals surface area contributed by atoms with Crippen LogP contribution in [-0.2, 0) is 0 Å². The lowest BCUT2D eigenvalue weighted by Crippen LogP contribution is -2.28. The highest BCUT2D eigenvalue weighted by atomic mass is 79.9. The van der Waals surface area contributed by atoms with Crippen LogP contribution in [0.5, 0.6) is 0 Å². The largest absolute Gasteiger partial charge is 0.353 e. The molecule has 88 valence electrons. The molecule has 2 rings (SSSR count). The molecule has 1 aliphatic rings. The van der Waals surface area contributed by atoms with Crippen molar-refractivity contribution in [3.63, 3.8) is 0 Å². The average Bonchev–Trinajstić information content (AvgIpc) is 3.04. The molecule has 3 heteroatoms. The third-order valence-electron chi connectivity index (χ3n) is 2.95. The van der Waals surface area contributed by atoms with Crippen LogP contribution >= 0.6 is 15.9 Å². The van der Waals surface area contributed by atoms with Gasteiger partial charge in [0.25, 0.3) is 0 Å². The summed E-state index contributed by atoms with van der Waals surface area (Å²) in [5.74, 6) is 1.87. The van der Waals surface area contributed by atoms with Gasteiger partial charge in [0.15, 0.2) is 0 Å². The molecule has 1 fully saturated rings. The van der Waals surface area contributed by atoms with E-state index in [0.717, 1.165) is 28.8 Å². The molecule has 1 heterocycles. The first kappa shape index (κ1) is 11.9. The number of aromatic nitrogens is 1. The molecule has 0 N–H and O–H groups in total. The van der Waals surface area contributed by atoms with E-state index in [9.17, 15) is 0 Å². The van der Waals surface area contributed by atoms with Crippen molar-refractivity contribution >= 4 is 21.7 Å². The van der Waals surface area contributed by atoms with Crippen molar-refractivity contribution in [2.75, 3.05) is 11.4 Å². The molecule has 0 saturated heterocycles. The molecule has 0 aromatic carbocycles. The van der Waals surface area contributed by atoms with E-state index in [-0.39, 0.29) is 0 Å². The number of pyridine rings is 1. The van der Waals surface area contributed by atoms with E-state index in [4.69, 9.17) is 0 Å². The number of anilines is 1. The van der Waals surface area contributed by atoms with E-state index >= 15 is 0 Å². The Bertz CT molecular complexity index is 348. The second-order valence-electron chi connectivity index (χ2n) is 4.92. The molecule has 1 saturated carbocycles. The molecule has 0 radical (unpaired) electrons. The number of nitrogens with zero attached hydrogens (tertiary/aromatic N) is 2. The van der Waals surface area contributed by atoms with Gasteiger partial charge in [0.2, 0.25) is 0 Å². The first-order valence-corrected chi connectivity index (χ1v) is 6.85. The van der Waals surface area contributed by atoms with Crippen molar-refractivity contribution in [1.29, 1.82) is 0 Å². The molecule has 1 aromatic rings. The van der Waals surface area contributed by atoms with Gasteiger partial charge in [0, 0.05) is 18.8 Å². The standard InChI is InChI=1S/C13H19BrN2/c1-10(2)7-9-16(11-5-6-11)13-12(14)4-3-8-15-13/h3-4,8,10-11H,5-7,9H2,1-2H3. The highest BCUT2D eigenvalue weighted by molar-refractivity contribution is 9.10. The van der Waals surface area contributed by atoms with Gasteiger partial charge in [-0.15, -0.1) is 0 Å². The topological polar surface area (TPSA) is 16.1 Å². The number of rotatable bonds is 5. The van der Waals surface area contributed by atoms with E-state index in [1.807, 2.05) is 12.3 Å². The van der Waals surface area contributed by atoms with E-state index in [1.54, 1.807) is 0 Å². The van der Waals surface area contributed by atoms with Crippen LogP contribution in [0, 0.1) is 5.92 Å². The van der Waals surface area contributed by atoms with E-state index in [2.05, 4.69) is 45.7 Å². The molecule has 2 nitrogen and oxygen atoms in total. The Morgan fingerprint density at radius 2 is 2.25 bits per heavy atom. The fraction of sp³-hybridized carbons (Fsp3) is 0.615. The Kier molecular flexibility index (Phi) is 3.85. The molecule has 16 heavy (non-hydrogen) atoms. The van der Waals surface area contributed by atoms with Gasteiger partial charge < -0.3 is 4.90 Å². The molecular formula is C13H19BrN2. The van der Waals surface area contributed by atoms with Crippen LogP contribution in [0.25, 0.3) is 0 Å². The van der Waals surface area contributed by atoms with E-state index in [1.165, 1.54) is 19.3 Å². The summed E-state index contributed by atoms with van der Waals surface area (Å²) in [6.45, 7) is 5.68. The predicted octanol–water partition coefficient (Wildman–Crippen LogP) is 3.86. The summed E-state index contributed by atoms with van der Waals surface area (Å²) < 4.78 is 1.12. The van der Waals surface area contributed by atoms with Gasteiger partial charge in [-0.25, -0.2) is 4.98 Å². The van der Waals surface area contributed by atoms with Crippen LogP contribution in [-0.4, -0.2) is 17.6 Å². The molecule has 0 unspecified atom stereocenters. The van der Waals surface area contributed by atoms with Crippen molar-refractivity contribution in [3.8, 4) is 0 Å². The summed E-state index contributed by atoms with van der Waals surface area (Å²) in [4.78, 5) is 6.96. The van der Waals surface area contributed by atoms with Gasteiger partial charge in [-0.3, -0.25) is 0 Å². The third-order valence-corrected chi connectivity index (χ3v) is 3.57. The number of hydrogen-bond donors (Lipinski definition) is 0. The van der Waals surface area contributed by atoms with Crippen LogP contribution in [0.15, 0.2) is 22.8 Å². The van der Waals surface area contributed by atoms with Crippen molar-refractivity contribution < 1.29 is 0 Å². The molecule has 0 spiro atoms. The van der Waals surface area contributed by atoms with Gasteiger partial charge in [-0.2, -0.15) is 0 Å². The average molecular weight is 283 g/mol. The lowest BCUT2D eigenvalue weighted by atomic mass is 10.1. The molecule has 1 aliphatic carbocycles. The van der Waals surface area contributed by atoms with E-state index < -0.39 is 0 Å². The monoisotopic (exact) mass is 282 g/mol. The maximum atomic E-state index is 4.50. The van der Waals surface area contributed by atoms with Gasteiger partial charge >= 0.3 is 0 Å². The van der Waals surface area contributed by atoms with Crippen LogP contribution in [0.1, 0.15) is 33.1 Å². The smallest absolute Gasteiger partial charge is 0.143 e. The minimum Gasteiger partial charge on any atom is -0.353 e. The third kappa shape index (κ3) is 2.97. The summed E-state index contributed by atoms with van der Waals surface area (Å²) in [5, 5.41) is 0. The number of hydrogen-bond acceptors (Lipinski definition) is 2. The van der Waals surface area contributed by atoms with Crippen LogP contribution in [0.2, 0.25) is 0 Å². The second-order valence-corrected chi connectivity index (χ2v) is 5.77. The van der Waals surface area contributed by atoms with Crippen molar-refractivity contribution in [1.82, 2.24) is 4.98 Å². The summed E-state index contributed by atoms with van der Waals surface area (Å²) in [5.41, 5.74) is 0. The Balaban J connectivity index is 2.10. The second kappa shape index (κ2) is 5.17. The Labute approximate surface area is 106 Å². The fourth-order valence-corrected chi connectivity index (χ4v) is 2.32. The quantitative estimate of drug-likeness (QED) is 0.815. The molecule has 0 amide bonds. The van der Waals surface area contributed by atoms with E-state index in [0.29, 0.717) is 0 Å². The molecule has 0 bridgehead atoms. The highest BCUT2D eigenvalue weighted by Crippen LogP contribution is 2.34. The predicted molar refractivity (Wildman–Crippen MR) is 71.8 cm³/mol. The zero-order valence-corrected chi connectivity index (χ0v) is 11.6. The van der Waals surface area contributed by atoms with Gasteiger partial charge in [0.05, 0.1) is 4.47 Å².